The summed E-state index contributed by atoms with van der Waals surface area (Å²) in [4.78, 5) is 43.2. The molecule has 1 aromatic heterocycles. The Bertz CT molecular complexity index is 1130. The van der Waals surface area contributed by atoms with Gasteiger partial charge in [0.1, 0.15) is 11.5 Å². The second kappa shape index (κ2) is 11.5. The highest BCUT2D eigenvalue weighted by atomic mass is 19.1. The zero-order valence-electron chi connectivity index (χ0n) is 19.4. The van der Waals surface area contributed by atoms with Crippen LogP contribution in [0.5, 0.6) is 0 Å². The summed E-state index contributed by atoms with van der Waals surface area (Å²) in [5, 5.41) is 5.00. The summed E-state index contributed by atoms with van der Waals surface area (Å²) in [6.45, 7) is 7.11. The van der Waals surface area contributed by atoms with Crippen molar-refractivity contribution in [3.8, 4) is 0 Å². The van der Waals surface area contributed by atoms with E-state index in [1.54, 1.807) is 6.07 Å². The summed E-state index contributed by atoms with van der Waals surface area (Å²) in [5.41, 5.74) is 6.54. The fourth-order valence-electron chi connectivity index (χ4n) is 3.79. The minimum Gasteiger partial charge on any atom is -0.366 e. The van der Waals surface area contributed by atoms with Crippen LogP contribution in [-0.4, -0.2) is 67.4 Å². The van der Waals surface area contributed by atoms with Crippen molar-refractivity contribution in [3.63, 3.8) is 0 Å². The van der Waals surface area contributed by atoms with E-state index in [1.165, 1.54) is 19.2 Å². The van der Waals surface area contributed by atoms with Gasteiger partial charge in [-0.3, -0.25) is 19.3 Å². The van der Waals surface area contributed by atoms with Crippen LogP contribution in [0.2, 0.25) is 0 Å². The van der Waals surface area contributed by atoms with E-state index in [2.05, 4.69) is 27.1 Å². The largest absolute Gasteiger partial charge is 0.366 e. The molecule has 0 aliphatic carbocycles. The van der Waals surface area contributed by atoms with Crippen LogP contribution in [0.1, 0.15) is 33.7 Å². The number of hydrogen-bond donors (Lipinski definition) is 3. The molecule has 3 amide bonds. The Balaban J connectivity index is 1.45. The van der Waals surface area contributed by atoms with Gasteiger partial charge in [0.2, 0.25) is 11.9 Å². The van der Waals surface area contributed by atoms with Crippen LogP contribution in [0.3, 0.4) is 0 Å². The molecule has 0 radical (unpaired) electrons. The number of carbonyl (C=O) groups excluding carboxylic acids is 3. The molecule has 3 rings (SSSR count). The minimum atomic E-state index is -0.832. The van der Waals surface area contributed by atoms with Crippen molar-refractivity contribution in [3.05, 3.63) is 65.5 Å². The minimum absolute atomic E-state index is 0.0259. The number of hydrogen-bond acceptors (Lipinski definition) is 6. The van der Waals surface area contributed by atoms with Crippen LogP contribution in [0.15, 0.2) is 42.5 Å². The third-order valence-electron chi connectivity index (χ3n) is 5.68. The normalized spacial score (nSPS) is 13.9. The number of amides is 3. The van der Waals surface area contributed by atoms with Crippen LogP contribution in [-0.2, 0) is 4.79 Å². The van der Waals surface area contributed by atoms with Crippen molar-refractivity contribution in [1.29, 1.82) is 0 Å². The van der Waals surface area contributed by atoms with Crippen LogP contribution >= 0.6 is 0 Å². The maximum absolute atomic E-state index is 14.4. The summed E-state index contributed by atoms with van der Waals surface area (Å²) in [5.74, 6) is -2.92. The van der Waals surface area contributed by atoms with E-state index in [4.69, 9.17) is 5.73 Å². The summed E-state index contributed by atoms with van der Waals surface area (Å²) in [7, 11) is 1.46. The molecule has 0 atom stereocenters. The number of rotatable bonds is 9. The molecular formula is C24H28F2N6O3. The predicted octanol–water partition coefficient (Wildman–Crippen LogP) is 1.92. The Labute approximate surface area is 202 Å². The molecule has 186 valence electrons. The number of nitrogens with one attached hydrogen (secondary N) is 2. The number of halogens is 2. The van der Waals surface area contributed by atoms with Gasteiger partial charge in [0.25, 0.3) is 11.8 Å². The molecular weight excluding hydrogens is 458 g/mol. The highest BCUT2D eigenvalue weighted by molar-refractivity contribution is 6.03. The van der Waals surface area contributed by atoms with E-state index >= 15 is 0 Å². The van der Waals surface area contributed by atoms with Gasteiger partial charge in [-0.25, -0.2) is 9.37 Å². The predicted molar refractivity (Wildman–Crippen MR) is 128 cm³/mol. The average molecular weight is 487 g/mol. The number of carbonyl (C=O) groups is 3. The van der Waals surface area contributed by atoms with E-state index in [-0.39, 0.29) is 29.3 Å². The molecule has 1 aliphatic heterocycles. The van der Waals surface area contributed by atoms with E-state index in [9.17, 15) is 23.2 Å². The molecule has 2 heterocycles. The van der Waals surface area contributed by atoms with Gasteiger partial charge >= 0.3 is 0 Å². The lowest BCUT2D eigenvalue weighted by molar-refractivity contribution is -0.116. The molecule has 11 heteroatoms. The molecule has 0 bridgehead atoms. The second-order valence-electron chi connectivity index (χ2n) is 8.20. The molecule has 1 fully saturated rings. The number of primary amides is 1. The molecule has 9 nitrogen and oxygen atoms in total. The maximum Gasteiger partial charge on any atom is 0.269 e. The Morgan fingerprint density at radius 2 is 1.80 bits per heavy atom. The third kappa shape index (κ3) is 6.82. The highest BCUT2D eigenvalue weighted by Crippen LogP contribution is 2.21. The van der Waals surface area contributed by atoms with Gasteiger partial charge in [-0.15, -0.1) is 0 Å². The van der Waals surface area contributed by atoms with Crippen molar-refractivity contribution in [2.45, 2.75) is 12.8 Å². The number of nitrogens with two attached hydrogens (primary N) is 1. The van der Waals surface area contributed by atoms with Crippen LogP contribution in [0.4, 0.5) is 20.2 Å². The van der Waals surface area contributed by atoms with E-state index in [0.29, 0.717) is 44.8 Å². The first kappa shape index (κ1) is 25.8. The SMILES string of the molecule is C=C(CCC(=O)Nc1ccc(F)cc1C(N)=O)CN1CCN(c2ccc(C(=O)NC)nc2F)CC1. The van der Waals surface area contributed by atoms with Gasteiger partial charge in [0.15, 0.2) is 0 Å². The number of piperazine rings is 1. The third-order valence-corrected chi connectivity index (χ3v) is 5.68. The van der Waals surface area contributed by atoms with Crippen LogP contribution in [0, 0.1) is 11.8 Å². The first-order chi connectivity index (χ1) is 16.7. The van der Waals surface area contributed by atoms with Crippen molar-refractivity contribution in [1.82, 2.24) is 15.2 Å². The summed E-state index contributed by atoms with van der Waals surface area (Å²) < 4.78 is 27.8. The Morgan fingerprint density at radius 1 is 1.09 bits per heavy atom. The molecule has 0 unspecified atom stereocenters. The van der Waals surface area contributed by atoms with Gasteiger partial charge in [0, 0.05) is 46.2 Å². The first-order valence-electron chi connectivity index (χ1n) is 11.1. The fourth-order valence-corrected chi connectivity index (χ4v) is 3.79. The standard InChI is InChI=1S/C24H28F2N6O3/c1-15(3-8-21(33)29-18-5-4-16(25)13-17(18)23(27)34)14-31-9-11-32(12-10-31)20-7-6-19(24(35)28-2)30-22(20)26/h4-7,13H,1,3,8-12,14H2,2H3,(H2,27,34)(H,28,35)(H,29,33). The Morgan fingerprint density at radius 3 is 2.43 bits per heavy atom. The van der Waals surface area contributed by atoms with Crippen molar-refractivity contribution in [2.24, 2.45) is 5.73 Å². The van der Waals surface area contributed by atoms with Gasteiger partial charge in [-0.05, 0) is 36.8 Å². The molecule has 2 aromatic rings. The summed E-state index contributed by atoms with van der Waals surface area (Å²) >= 11 is 0. The molecule has 0 saturated carbocycles. The molecule has 0 spiro atoms. The quantitative estimate of drug-likeness (QED) is 0.368. The van der Waals surface area contributed by atoms with Crippen LogP contribution in [0.25, 0.3) is 0 Å². The molecule has 35 heavy (non-hydrogen) atoms. The van der Waals surface area contributed by atoms with E-state index < -0.39 is 23.6 Å². The zero-order chi connectivity index (χ0) is 25.5. The fraction of sp³-hybridized carbons (Fsp3) is 0.333. The van der Waals surface area contributed by atoms with Gasteiger partial charge in [0.05, 0.1) is 16.9 Å². The number of pyridine rings is 1. The van der Waals surface area contributed by atoms with Crippen molar-refractivity contribution < 1.29 is 23.2 Å². The molecule has 1 aliphatic rings. The smallest absolute Gasteiger partial charge is 0.269 e. The lowest BCUT2D eigenvalue weighted by Crippen LogP contribution is -2.47. The van der Waals surface area contributed by atoms with E-state index in [0.717, 1.165) is 17.7 Å². The monoisotopic (exact) mass is 486 g/mol. The Kier molecular flexibility index (Phi) is 8.48. The number of nitrogens with zero attached hydrogens (tertiary/aromatic N) is 3. The van der Waals surface area contributed by atoms with Crippen molar-refractivity contribution >= 4 is 29.1 Å². The van der Waals surface area contributed by atoms with Crippen LogP contribution < -0.4 is 21.3 Å². The highest BCUT2D eigenvalue weighted by Gasteiger charge is 2.22. The number of benzene rings is 1. The average Bonchev–Trinajstić information content (AvgIpc) is 2.83. The summed E-state index contributed by atoms with van der Waals surface area (Å²) in [6, 6.07) is 6.47. The zero-order valence-corrected chi connectivity index (χ0v) is 19.4. The lowest BCUT2D eigenvalue weighted by atomic mass is 10.1. The maximum atomic E-state index is 14.4. The number of anilines is 2. The second-order valence-corrected chi connectivity index (χ2v) is 8.20. The number of aromatic nitrogens is 1. The molecule has 1 saturated heterocycles. The van der Waals surface area contributed by atoms with E-state index in [1.807, 2.05) is 4.90 Å². The summed E-state index contributed by atoms with van der Waals surface area (Å²) in [6.07, 6.45) is 0.571. The van der Waals surface area contributed by atoms with Gasteiger partial charge in [-0.2, -0.15) is 4.39 Å². The molecule has 4 N–H and O–H groups in total. The van der Waals surface area contributed by atoms with Gasteiger partial charge in [-0.1, -0.05) is 12.2 Å². The lowest BCUT2D eigenvalue weighted by Gasteiger charge is -2.36. The Hall–Kier alpha value is -3.86. The van der Waals surface area contributed by atoms with Crippen molar-refractivity contribution in [2.75, 3.05) is 50.0 Å². The topological polar surface area (TPSA) is 121 Å². The molecule has 1 aromatic carbocycles. The van der Waals surface area contributed by atoms with Gasteiger partial charge < -0.3 is 21.3 Å². The first-order valence-corrected chi connectivity index (χ1v) is 11.1.